The number of benzene rings is 1. The van der Waals surface area contributed by atoms with Crippen molar-refractivity contribution in [2.75, 3.05) is 13.1 Å². The molecular formula is C16H24NO2+. The summed E-state index contributed by atoms with van der Waals surface area (Å²) in [5.74, 6) is 0.267. The van der Waals surface area contributed by atoms with Crippen LogP contribution in [0.2, 0.25) is 0 Å². The van der Waals surface area contributed by atoms with Crippen LogP contribution in [-0.4, -0.2) is 24.7 Å². The summed E-state index contributed by atoms with van der Waals surface area (Å²) >= 11 is 0. The predicted octanol–water partition coefficient (Wildman–Crippen LogP) is 1.90. The second-order valence-electron chi connectivity index (χ2n) is 5.95. The number of carbonyl (C=O) groups is 1. The lowest BCUT2D eigenvalue weighted by Crippen LogP contribution is -2.86. The number of aryl methyl sites for hydroxylation is 1. The summed E-state index contributed by atoms with van der Waals surface area (Å²) in [6.07, 6.45) is 2.24. The van der Waals surface area contributed by atoms with Crippen LogP contribution in [0, 0.1) is 12.8 Å². The molecule has 0 aromatic heterocycles. The van der Waals surface area contributed by atoms with E-state index in [2.05, 4.69) is 5.32 Å². The summed E-state index contributed by atoms with van der Waals surface area (Å²) in [4.78, 5) is 12.3. The molecule has 2 N–H and O–H groups in total. The van der Waals surface area contributed by atoms with Gasteiger partial charge in [-0.15, -0.1) is 0 Å². The van der Waals surface area contributed by atoms with E-state index in [1.54, 1.807) is 0 Å². The monoisotopic (exact) mass is 262 g/mol. The van der Waals surface area contributed by atoms with Crippen molar-refractivity contribution in [2.24, 2.45) is 5.92 Å². The first kappa shape index (κ1) is 14.1. The van der Waals surface area contributed by atoms with Crippen molar-refractivity contribution in [3.05, 3.63) is 35.4 Å². The molecule has 2 rings (SSSR count). The molecule has 1 saturated heterocycles. The minimum absolute atomic E-state index is 0.197. The van der Waals surface area contributed by atoms with Gasteiger partial charge in [-0.25, -0.2) is 4.79 Å². The van der Waals surface area contributed by atoms with E-state index in [9.17, 15) is 4.79 Å². The predicted molar refractivity (Wildman–Crippen MR) is 75.1 cm³/mol. The number of rotatable bonds is 3. The van der Waals surface area contributed by atoms with Gasteiger partial charge in [0.2, 0.25) is 0 Å². The molecule has 1 aliphatic heterocycles. The fourth-order valence-corrected chi connectivity index (χ4v) is 2.80. The number of esters is 1. The highest BCUT2D eigenvalue weighted by Gasteiger charge is 2.35. The van der Waals surface area contributed by atoms with E-state index in [4.69, 9.17) is 4.74 Å². The highest BCUT2D eigenvalue weighted by Crippen LogP contribution is 2.29. The Morgan fingerprint density at radius 2 is 1.89 bits per heavy atom. The highest BCUT2D eigenvalue weighted by atomic mass is 16.6. The Bertz CT molecular complexity index is 448. The average Bonchev–Trinajstić information content (AvgIpc) is 2.39. The summed E-state index contributed by atoms with van der Waals surface area (Å²) in [5.41, 5.74) is 1.27. The molecule has 0 saturated carbocycles. The zero-order valence-electron chi connectivity index (χ0n) is 12.1. The minimum atomic E-state index is -0.381. The SMILES string of the molecule is Cc1ccccc1C(=O)OC(C)(C)C1CC[NH2+]CC1. The van der Waals surface area contributed by atoms with Crippen LogP contribution in [-0.2, 0) is 4.74 Å². The van der Waals surface area contributed by atoms with Gasteiger partial charge in [0.05, 0.1) is 18.7 Å². The number of nitrogens with two attached hydrogens (primary N) is 1. The van der Waals surface area contributed by atoms with Crippen molar-refractivity contribution in [2.45, 2.75) is 39.2 Å². The molecule has 1 heterocycles. The highest BCUT2D eigenvalue weighted by molar-refractivity contribution is 5.91. The van der Waals surface area contributed by atoms with Crippen LogP contribution in [0.5, 0.6) is 0 Å². The molecule has 0 amide bonds. The standard InChI is InChI=1S/C16H23NO2/c1-12-6-4-5-7-14(12)15(18)19-16(2,3)13-8-10-17-11-9-13/h4-7,13,17H,8-11H2,1-3H3/p+1. The van der Waals surface area contributed by atoms with Crippen molar-refractivity contribution in [3.63, 3.8) is 0 Å². The molecule has 104 valence electrons. The first-order valence-electron chi connectivity index (χ1n) is 7.11. The molecule has 19 heavy (non-hydrogen) atoms. The molecule has 1 aromatic carbocycles. The van der Waals surface area contributed by atoms with Gasteiger partial charge in [-0.1, -0.05) is 18.2 Å². The van der Waals surface area contributed by atoms with Gasteiger partial charge in [-0.05, 0) is 32.4 Å². The second kappa shape index (κ2) is 5.74. The Hall–Kier alpha value is -1.35. The largest absolute Gasteiger partial charge is 0.456 e. The Kier molecular flexibility index (Phi) is 4.25. The number of carbonyl (C=O) groups excluding carboxylic acids is 1. The van der Waals surface area contributed by atoms with Crippen LogP contribution in [0.1, 0.15) is 42.6 Å². The number of ether oxygens (including phenoxy) is 1. The van der Waals surface area contributed by atoms with Crippen molar-refractivity contribution < 1.29 is 14.8 Å². The lowest BCUT2D eigenvalue weighted by molar-refractivity contribution is -0.665. The maximum Gasteiger partial charge on any atom is 0.338 e. The minimum Gasteiger partial charge on any atom is -0.456 e. The number of hydrogen-bond donors (Lipinski definition) is 1. The smallest absolute Gasteiger partial charge is 0.338 e. The third kappa shape index (κ3) is 3.35. The van der Waals surface area contributed by atoms with Crippen LogP contribution in [0.3, 0.4) is 0 Å². The van der Waals surface area contributed by atoms with E-state index < -0.39 is 0 Å². The van der Waals surface area contributed by atoms with E-state index in [1.165, 1.54) is 0 Å². The van der Waals surface area contributed by atoms with E-state index in [0.29, 0.717) is 11.5 Å². The summed E-state index contributed by atoms with van der Waals surface area (Å²) in [6.45, 7) is 8.30. The third-order valence-corrected chi connectivity index (χ3v) is 4.14. The van der Waals surface area contributed by atoms with Crippen molar-refractivity contribution in [1.82, 2.24) is 0 Å². The second-order valence-corrected chi connectivity index (χ2v) is 5.95. The molecule has 1 aliphatic rings. The maximum atomic E-state index is 12.3. The Labute approximate surface area is 115 Å². The molecule has 0 unspecified atom stereocenters. The summed E-state index contributed by atoms with van der Waals surface area (Å²) in [7, 11) is 0. The molecule has 1 fully saturated rings. The number of quaternary nitrogens is 1. The molecule has 3 heteroatoms. The van der Waals surface area contributed by atoms with Gasteiger partial charge >= 0.3 is 5.97 Å². The topological polar surface area (TPSA) is 42.9 Å². The van der Waals surface area contributed by atoms with Gasteiger partial charge < -0.3 is 10.1 Å². The Morgan fingerprint density at radius 3 is 2.53 bits per heavy atom. The summed E-state index contributed by atoms with van der Waals surface area (Å²) in [6, 6.07) is 7.60. The van der Waals surface area contributed by atoms with Crippen LogP contribution in [0.25, 0.3) is 0 Å². The van der Waals surface area contributed by atoms with Gasteiger partial charge in [0, 0.05) is 18.8 Å². The van der Waals surface area contributed by atoms with Crippen LogP contribution in [0.15, 0.2) is 24.3 Å². The quantitative estimate of drug-likeness (QED) is 0.846. The van der Waals surface area contributed by atoms with Gasteiger partial charge in [0.15, 0.2) is 0 Å². The summed E-state index contributed by atoms with van der Waals surface area (Å²) in [5, 5.41) is 2.33. The van der Waals surface area contributed by atoms with Crippen LogP contribution >= 0.6 is 0 Å². The Balaban J connectivity index is 2.07. The lowest BCUT2D eigenvalue weighted by atomic mass is 9.83. The summed E-state index contributed by atoms with van der Waals surface area (Å²) < 4.78 is 5.79. The van der Waals surface area contributed by atoms with E-state index >= 15 is 0 Å². The van der Waals surface area contributed by atoms with Crippen molar-refractivity contribution in [1.29, 1.82) is 0 Å². The first-order chi connectivity index (χ1) is 9.00. The molecule has 0 atom stereocenters. The van der Waals surface area contributed by atoms with Crippen molar-refractivity contribution in [3.8, 4) is 0 Å². The van der Waals surface area contributed by atoms with E-state index in [0.717, 1.165) is 31.5 Å². The lowest BCUT2D eigenvalue weighted by Gasteiger charge is -2.35. The molecular weight excluding hydrogens is 238 g/mol. The molecule has 0 spiro atoms. The van der Waals surface area contributed by atoms with Crippen LogP contribution < -0.4 is 5.32 Å². The molecule has 0 aliphatic carbocycles. The van der Waals surface area contributed by atoms with Gasteiger partial charge in [0.1, 0.15) is 5.60 Å². The number of piperidine rings is 1. The number of hydrogen-bond acceptors (Lipinski definition) is 2. The molecule has 1 aromatic rings. The van der Waals surface area contributed by atoms with Crippen molar-refractivity contribution >= 4 is 5.97 Å². The third-order valence-electron chi connectivity index (χ3n) is 4.14. The Morgan fingerprint density at radius 1 is 1.26 bits per heavy atom. The van der Waals surface area contributed by atoms with Crippen LogP contribution in [0.4, 0.5) is 0 Å². The molecule has 0 bridgehead atoms. The van der Waals surface area contributed by atoms with E-state index in [-0.39, 0.29) is 11.6 Å². The average molecular weight is 262 g/mol. The molecule has 3 nitrogen and oxygen atoms in total. The zero-order valence-corrected chi connectivity index (χ0v) is 12.1. The normalized spacial score (nSPS) is 17.2. The zero-order chi connectivity index (χ0) is 13.9. The fraction of sp³-hybridized carbons (Fsp3) is 0.562. The maximum absolute atomic E-state index is 12.3. The van der Waals surface area contributed by atoms with Gasteiger partial charge in [-0.2, -0.15) is 0 Å². The molecule has 0 radical (unpaired) electrons. The van der Waals surface area contributed by atoms with Gasteiger partial charge in [-0.3, -0.25) is 0 Å². The first-order valence-corrected chi connectivity index (χ1v) is 7.11. The fourth-order valence-electron chi connectivity index (χ4n) is 2.80. The van der Waals surface area contributed by atoms with Gasteiger partial charge in [0.25, 0.3) is 0 Å². The van der Waals surface area contributed by atoms with E-state index in [1.807, 2.05) is 45.0 Å².